The summed E-state index contributed by atoms with van der Waals surface area (Å²) in [6.07, 6.45) is 3.84. The quantitative estimate of drug-likeness (QED) is 0.549. The number of hydrogen-bond acceptors (Lipinski definition) is 5. The van der Waals surface area contributed by atoms with Crippen LogP contribution in [0.15, 0.2) is 0 Å². The van der Waals surface area contributed by atoms with Crippen LogP contribution in [0.3, 0.4) is 0 Å². The van der Waals surface area contributed by atoms with E-state index in [4.69, 9.17) is 4.74 Å². The Labute approximate surface area is 192 Å². The number of likely N-dealkylation sites (tertiary alicyclic amines) is 1. The van der Waals surface area contributed by atoms with Crippen LogP contribution in [0.5, 0.6) is 0 Å². The van der Waals surface area contributed by atoms with E-state index >= 15 is 0 Å². The third-order valence-corrected chi connectivity index (χ3v) is 6.42. The number of carbonyl (C=O) groups excluding carboxylic acids is 3. The summed E-state index contributed by atoms with van der Waals surface area (Å²) in [5, 5.41) is 15.4. The van der Waals surface area contributed by atoms with E-state index in [-0.39, 0.29) is 36.3 Å². The molecule has 0 spiro atoms. The molecule has 1 saturated heterocycles. The minimum atomic E-state index is -0.823. The maximum atomic E-state index is 13.7. The molecule has 1 aliphatic heterocycles. The number of carbonyl (C=O) groups is 3. The molecular weight excluding hydrogens is 410 g/mol. The summed E-state index contributed by atoms with van der Waals surface area (Å²) in [6, 6.07) is -1.72. The first-order valence-electron chi connectivity index (χ1n) is 12.0. The third kappa shape index (κ3) is 6.59. The van der Waals surface area contributed by atoms with Crippen LogP contribution in [0.2, 0.25) is 0 Å². The van der Waals surface area contributed by atoms with Gasteiger partial charge in [-0.1, -0.05) is 40.5 Å². The van der Waals surface area contributed by atoms with Crippen molar-refractivity contribution in [3.63, 3.8) is 0 Å². The smallest absolute Gasteiger partial charge is 0.408 e. The van der Waals surface area contributed by atoms with Crippen molar-refractivity contribution in [1.29, 1.82) is 0 Å². The largest absolute Gasteiger partial charge is 0.444 e. The lowest BCUT2D eigenvalue weighted by molar-refractivity contribution is -0.143. The van der Waals surface area contributed by atoms with Gasteiger partial charge < -0.3 is 25.4 Å². The van der Waals surface area contributed by atoms with Crippen molar-refractivity contribution in [2.24, 2.45) is 17.3 Å². The first-order chi connectivity index (χ1) is 14.8. The molecule has 2 rings (SSSR count). The molecule has 0 bridgehead atoms. The summed E-state index contributed by atoms with van der Waals surface area (Å²) in [7, 11) is 0. The molecule has 3 N–H and O–H groups in total. The van der Waals surface area contributed by atoms with Gasteiger partial charge >= 0.3 is 6.09 Å². The van der Waals surface area contributed by atoms with Crippen LogP contribution in [0, 0.1) is 17.3 Å². The molecule has 1 saturated carbocycles. The van der Waals surface area contributed by atoms with Gasteiger partial charge in [-0.15, -0.1) is 0 Å². The van der Waals surface area contributed by atoms with Gasteiger partial charge in [-0.25, -0.2) is 4.79 Å². The van der Waals surface area contributed by atoms with Crippen LogP contribution in [0.25, 0.3) is 0 Å². The van der Waals surface area contributed by atoms with Crippen LogP contribution in [0.4, 0.5) is 4.79 Å². The summed E-state index contributed by atoms with van der Waals surface area (Å²) in [5.74, 6) is -0.0585. The van der Waals surface area contributed by atoms with E-state index in [0.29, 0.717) is 13.0 Å². The average molecular weight is 454 g/mol. The van der Waals surface area contributed by atoms with E-state index in [1.165, 1.54) is 0 Å². The Hall–Kier alpha value is -1.83. The minimum absolute atomic E-state index is 0.113. The summed E-state index contributed by atoms with van der Waals surface area (Å²) in [6.45, 7) is 13.4. The molecule has 184 valence electrons. The number of nitrogens with one attached hydrogen (secondary N) is 2. The van der Waals surface area contributed by atoms with Crippen LogP contribution in [-0.2, 0) is 14.3 Å². The molecule has 8 nitrogen and oxygen atoms in total. The maximum Gasteiger partial charge on any atom is 0.408 e. The number of fused-ring (bicyclic) bond motifs is 1. The van der Waals surface area contributed by atoms with Crippen LogP contribution in [0.1, 0.15) is 80.6 Å². The van der Waals surface area contributed by atoms with E-state index in [1.54, 1.807) is 25.7 Å². The Morgan fingerprint density at radius 1 is 1.09 bits per heavy atom. The predicted octanol–water partition coefficient (Wildman–Crippen LogP) is 2.83. The number of hydrogen-bond donors (Lipinski definition) is 3. The lowest BCUT2D eigenvalue weighted by Crippen LogP contribution is -2.59. The molecule has 5 unspecified atom stereocenters. The SMILES string of the molecule is CCCC(CO)NC(=O)C1C2CCCC2CN1C(=O)C(NC(=O)OC(C)(C)C)C(C)(C)C. The lowest BCUT2D eigenvalue weighted by Gasteiger charge is -2.36. The van der Waals surface area contributed by atoms with E-state index in [1.807, 2.05) is 27.7 Å². The molecule has 0 aromatic heterocycles. The van der Waals surface area contributed by atoms with Crippen LogP contribution < -0.4 is 10.6 Å². The molecule has 0 aromatic carbocycles. The molecule has 3 amide bonds. The van der Waals surface area contributed by atoms with E-state index in [9.17, 15) is 19.5 Å². The summed E-state index contributed by atoms with van der Waals surface area (Å²) >= 11 is 0. The number of alkyl carbamates (subject to hydrolysis) is 1. The average Bonchev–Trinajstić information content (AvgIpc) is 3.23. The second-order valence-electron chi connectivity index (χ2n) is 11.4. The number of amides is 3. The first kappa shape index (κ1) is 26.4. The summed E-state index contributed by atoms with van der Waals surface area (Å²) < 4.78 is 5.39. The van der Waals surface area contributed by atoms with E-state index in [0.717, 1.165) is 25.7 Å². The number of ether oxygens (including phenoxy) is 1. The molecule has 2 fully saturated rings. The van der Waals surface area contributed by atoms with Crippen molar-refractivity contribution in [2.45, 2.75) is 104 Å². The number of aliphatic hydroxyl groups is 1. The van der Waals surface area contributed by atoms with Gasteiger partial charge in [-0.2, -0.15) is 0 Å². The topological polar surface area (TPSA) is 108 Å². The highest BCUT2D eigenvalue weighted by Gasteiger charge is 2.52. The monoisotopic (exact) mass is 453 g/mol. The minimum Gasteiger partial charge on any atom is -0.444 e. The van der Waals surface area contributed by atoms with Crippen molar-refractivity contribution in [2.75, 3.05) is 13.2 Å². The lowest BCUT2D eigenvalue weighted by atomic mass is 9.85. The van der Waals surface area contributed by atoms with Crippen LogP contribution >= 0.6 is 0 Å². The zero-order valence-electron chi connectivity index (χ0n) is 20.9. The van der Waals surface area contributed by atoms with Gasteiger partial charge in [0, 0.05) is 6.54 Å². The van der Waals surface area contributed by atoms with Gasteiger partial charge in [-0.05, 0) is 57.3 Å². The highest BCUT2D eigenvalue weighted by Crippen LogP contribution is 2.43. The number of aliphatic hydroxyl groups excluding tert-OH is 1. The zero-order chi connectivity index (χ0) is 24.3. The van der Waals surface area contributed by atoms with E-state index < -0.39 is 29.2 Å². The van der Waals surface area contributed by atoms with Gasteiger partial charge in [0.05, 0.1) is 12.6 Å². The molecular formula is C24H43N3O5. The molecule has 1 heterocycles. The molecule has 0 aromatic rings. The Morgan fingerprint density at radius 2 is 1.75 bits per heavy atom. The van der Waals surface area contributed by atoms with Crippen molar-refractivity contribution in [3.05, 3.63) is 0 Å². The molecule has 5 atom stereocenters. The third-order valence-electron chi connectivity index (χ3n) is 6.42. The Balaban J connectivity index is 2.26. The van der Waals surface area contributed by atoms with Gasteiger partial charge in [0.15, 0.2) is 0 Å². The summed E-state index contributed by atoms with van der Waals surface area (Å²) in [4.78, 5) is 41.2. The van der Waals surface area contributed by atoms with E-state index in [2.05, 4.69) is 10.6 Å². The molecule has 2 aliphatic rings. The second-order valence-corrected chi connectivity index (χ2v) is 11.4. The number of rotatable bonds is 7. The second kappa shape index (κ2) is 10.4. The Morgan fingerprint density at radius 3 is 2.28 bits per heavy atom. The Kier molecular flexibility index (Phi) is 8.59. The highest BCUT2D eigenvalue weighted by atomic mass is 16.6. The first-order valence-corrected chi connectivity index (χ1v) is 12.0. The fourth-order valence-electron chi connectivity index (χ4n) is 4.95. The molecule has 0 radical (unpaired) electrons. The van der Waals surface area contributed by atoms with Crippen molar-refractivity contribution >= 4 is 17.9 Å². The zero-order valence-corrected chi connectivity index (χ0v) is 20.9. The number of nitrogens with zero attached hydrogens (tertiary/aromatic N) is 1. The van der Waals surface area contributed by atoms with Crippen molar-refractivity contribution < 1.29 is 24.2 Å². The van der Waals surface area contributed by atoms with Crippen molar-refractivity contribution in [3.8, 4) is 0 Å². The summed E-state index contributed by atoms with van der Waals surface area (Å²) in [5.41, 5.74) is -1.25. The van der Waals surface area contributed by atoms with Gasteiger partial charge in [0.1, 0.15) is 17.7 Å². The van der Waals surface area contributed by atoms with Crippen LogP contribution in [-0.4, -0.2) is 64.8 Å². The standard InChI is InChI=1S/C24H43N3O5/c1-8-10-16(14-28)25-20(29)18-17-12-9-11-15(17)13-27(18)21(30)19(23(2,3)4)26-22(31)32-24(5,6)7/h15-19,28H,8-14H2,1-7H3,(H,25,29)(H,26,31). The fourth-order valence-corrected chi connectivity index (χ4v) is 4.95. The molecule has 32 heavy (non-hydrogen) atoms. The normalized spacial score (nSPS) is 25.1. The molecule has 8 heteroatoms. The fraction of sp³-hybridized carbons (Fsp3) is 0.875. The highest BCUT2D eigenvalue weighted by molar-refractivity contribution is 5.92. The predicted molar refractivity (Wildman–Crippen MR) is 123 cm³/mol. The van der Waals surface area contributed by atoms with Gasteiger partial charge in [0.25, 0.3) is 0 Å². The Bertz CT molecular complexity index is 682. The van der Waals surface area contributed by atoms with Crippen molar-refractivity contribution in [1.82, 2.24) is 15.5 Å². The molecule has 1 aliphatic carbocycles. The maximum absolute atomic E-state index is 13.7. The van der Waals surface area contributed by atoms with Gasteiger partial charge in [-0.3, -0.25) is 9.59 Å². The van der Waals surface area contributed by atoms with Gasteiger partial charge in [0.2, 0.25) is 11.8 Å².